The van der Waals surface area contributed by atoms with E-state index >= 15 is 0 Å². The summed E-state index contributed by atoms with van der Waals surface area (Å²) in [6.07, 6.45) is 0. The Morgan fingerprint density at radius 1 is 1.44 bits per heavy atom. The number of aromatic nitrogens is 2. The maximum atomic E-state index is 6.16. The summed E-state index contributed by atoms with van der Waals surface area (Å²) in [4.78, 5) is 0.321. The first-order chi connectivity index (χ1) is 8.43. The number of rotatable bonds is 2. The maximum absolute atomic E-state index is 6.16. The molecule has 2 aromatic rings. The number of benzene rings is 1. The van der Waals surface area contributed by atoms with Crippen LogP contribution in [0.4, 0.5) is 0 Å². The van der Waals surface area contributed by atoms with Crippen molar-refractivity contribution in [2.24, 2.45) is 5.73 Å². The zero-order valence-corrected chi connectivity index (χ0v) is 13.0. The smallest absolute Gasteiger partial charge is 0.107 e. The van der Waals surface area contributed by atoms with Crippen molar-refractivity contribution in [1.29, 1.82) is 0 Å². The van der Waals surface area contributed by atoms with Crippen LogP contribution in [-0.2, 0) is 0 Å². The minimum Gasteiger partial charge on any atom is -0.389 e. The van der Waals surface area contributed by atoms with Gasteiger partial charge in [-0.3, -0.25) is 0 Å². The average molecular weight is 345 g/mol. The van der Waals surface area contributed by atoms with E-state index in [1.54, 1.807) is 4.68 Å². The van der Waals surface area contributed by atoms with Crippen molar-refractivity contribution in [3.63, 3.8) is 0 Å². The van der Waals surface area contributed by atoms with Crippen molar-refractivity contribution in [3.8, 4) is 5.69 Å². The molecule has 94 valence electrons. The molecular formula is C12H11BrClN3S. The Morgan fingerprint density at radius 3 is 2.61 bits per heavy atom. The molecule has 0 aliphatic carbocycles. The van der Waals surface area contributed by atoms with Crippen molar-refractivity contribution >= 4 is 44.7 Å². The highest BCUT2D eigenvalue weighted by Gasteiger charge is 2.16. The van der Waals surface area contributed by atoms with Crippen LogP contribution in [0.2, 0.25) is 5.02 Å². The summed E-state index contributed by atoms with van der Waals surface area (Å²) in [6.45, 7) is 3.77. The highest BCUT2D eigenvalue weighted by atomic mass is 79.9. The molecule has 6 heteroatoms. The Hall–Kier alpha value is -0.910. The van der Waals surface area contributed by atoms with Gasteiger partial charge in [0.05, 0.1) is 22.1 Å². The van der Waals surface area contributed by atoms with Gasteiger partial charge in [0.2, 0.25) is 0 Å². The molecular weight excluding hydrogens is 334 g/mol. The minimum absolute atomic E-state index is 0.321. The number of halogens is 2. The molecule has 0 atom stereocenters. The fourth-order valence-corrected chi connectivity index (χ4v) is 2.82. The predicted molar refractivity (Wildman–Crippen MR) is 81.6 cm³/mol. The average Bonchev–Trinajstić information content (AvgIpc) is 2.56. The molecule has 1 aromatic carbocycles. The maximum Gasteiger partial charge on any atom is 0.107 e. The van der Waals surface area contributed by atoms with E-state index in [9.17, 15) is 0 Å². The SMILES string of the molecule is Cc1nn(-c2cccc(Br)c2C(N)=S)c(C)c1Cl. The molecule has 0 radical (unpaired) electrons. The Balaban J connectivity index is 2.75. The van der Waals surface area contributed by atoms with E-state index in [2.05, 4.69) is 21.0 Å². The molecule has 1 aromatic heterocycles. The van der Waals surface area contributed by atoms with Gasteiger partial charge in [0.15, 0.2) is 0 Å². The van der Waals surface area contributed by atoms with Gasteiger partial charge in [0.25, 0.3) is 0 Å². The number of thiocarbonyl (C=S) groups is 1. The molecule has 2 N–H and O–H groups in total. The lowest BCUT2D eigenvalue weighted by molar-refractivity contribution is 0.831. The van der Waals surface area contributed by atoms with Crippen LogP contribution < -0.4 is 5.73 Å². The second kappa shape index (κ2) is 4.99. The normalized spacial score (nSPS) is 10.7. The summed E-state index contributed by atoms with van der Waals surface area (Å²) in [7, 11) is 0. The first kappa shape index (κ1) is 13.5. The lowest BCUT2D eigenvalue weighted by atomic mass is 10.2. The van der Waals surface area contributed by atoms with E-state index in [-0.39, 0.29) is 0 Å². The van der Waals surface area contributed by atoms with Crippen LogP contribution in [0.25, 0.3) is 5.69 Å². The zero-order valence-electron chi connectivity index (χ0n) is 9.87. The van der Waals surface area contributed by atoms with E-state index in [0.717, 1.165) is 27.1 Å². The lowest BCUT2D eigenvalue weighted by Gasteiger charge is -2.11. The van der Waals surface area contributed by atoms with Crippen molar-refractivity contribution in [2.75, 3.05) is 0 Å². The van der Waals surface area contributed by atoms with Crippen LogP contribution >= 0.6 is 39.7 Å². The van der Waals surface area contributed by atoms with Crippen LogP contribution in [0.1, 0.15) is 17.0 Å². The summed E-state index contributed by atoms with van der Waals surface area (Å²) < 4.78 is 2.60. The van der Waals surface area contributed by atoms with Crippen LogP contribution in [0, 0.1) is 13.8 Å². The van der Waals surface area contributed by atoms with Crippen molar-refractivity contribution in [3.05, 3.63) is 44.6 Å². The van der Waals surface area contributed by atoms with Gasteiger partial charge in [-0.25, -0.2) is 4.68 Å². The van der Waals surface area contributed by atoms with Crippen molar-refractivity contribution < 1.29 is 0 Å². The van der Waals surface area contributed by atoms with Crippen LogP contribution in [0.3, 0.4) is 0 Å². The molecule has 0 amide bonds. The molecule has 0 fully saturated rings. The highest BCUT2D eigenvalue weighted by molar-refractivity contribution is 9.10. The van der Waals surface area contributed by atoms with Crippen LogP contribution in [-0.4, -0.2) is 14.8 Å². The molecule has 0 aliphatic heterocycles. The van der Waals surface area contributed by atoms with Crippen molar-refractivity contribution in [2.45, 2.75) is 13.8 Å². The second-order valence-corrected chi connectivity index (χ2v) is 5.57. The van der Waals surface area contributed by atoms with Gasteiger partial charge in [0, 0.05) is 10.0 Å². The molecule has 0 aliphatic rings. The fraction of sp³-hybridized carbons (Fsp3) is 0.167. The molecule has 0 saturated carbocycles. The van der Waals surface area contributed by atoms with E-state index < -0.39 is 0 Å². The summed E-state index contributed by atoms with van der Waals surface area (Å²) in [5.74, 6) is 0. The van der Waals surface area contributed by atoms with Gasteiger partial charge in [0.1, 0.15) is 4.99 Å². The van der Waals surface area contributed by atoms with Gasteiger partial charge in [-0.2, -0.15) is 5.10 Å². The molecule has 0 unspecified atom stereocenters. The topological polar surface area (TPSA) is 43.8 Å². The number of nitrogens with two attached hydrogens (primary N) is 1. The Bertz CT molecular complexity index is 636. The summed E-state index contributed by atoms with van der Waals surface area (Å²) >= 11 is 14.7. The standard InChI is InChI=1S/C12H11BrClN3S/c1-6-11(14)7(2)17(16-6)9-5-3-4-8(13)10(9)12(15)18/h3-5H,1-2H3,(H2,15,18). The third-order valence-electron chi connectivity index (χ3n) is 2.67. The molecule has 3 nitrogen and oxygen atoms in total. The molecule has 1 heterocycles. The molecule has 0 spiro atoms. The largest absolute Gasteiger partial charge is 0.389 e. The Labute approximate surface area is 124 Å². The summed E-state index contributed by atoms with van der Waals surface area (Å²) in [5, 5.41) is 5.07. The van der Waals surface area contributed by atoms with E-state index in [1.165, 1.54) is 0 Å². The van der Waals surface area contributed by atoms with Gasteiger partial charge in [-0.15, -0.1) is 0 Å². The van der Waals surface area contributed by atoms with Gasteiger partial charge in [-0.05, 0) is 41.9 Å². The number of nitrogens with zero attached hydrogens (tertiary/aromatic N) is 2. The zero-order chi connectivity index (χ0) is 13.4. The van der Waals surface area contributed by atoms with Gasteiger partial charge < -0.3 is 5.73 Å². The lowest BCUT2D eigenvalue weighted by Crippen LogP contribution is -2.15. The third-order valence-corrected chi connectivity index (χ3v) is 4.08. The van der Waals surface area contributed by atoms with E-state index in [0.29, 0.717) is 10.0 Å². The number of hydrogen-bond acceptors (Lipinski definition) is 2. The van der Waals surface area contributed by atoms with Crippen LogP contribution in [0.15, 0.2) is 22.7 Å². The third kappa shape index (κ3) is 2.18. The monoisotopic (exact) mass is 343 g/mol. The number of hydrogen-bond donors (Lipinski definition) is 1. The Kier molecular flexibility index (Phi) is 3.75. The Morgan fingerprint density at radius 2 is 2.11 bits per heavy atom. The molecule has 0 saturated heterocycles. The number of aryl methyl sites for hydroxylation is 1. The second-order valence-electron chi connectivity index (χ2n) is 3.89. The van der Waals surface area contributed by atoms with E-state index in [4.69, 9.17) is 29.6 Å². The van der Waals surface area contributed by atoms with Crippen molar-refractivity contribution in [1.82, 2.24) is 9.78 Å². The summed E-state index contributed by atoms with van der Waals surface area (Å²) in [6, 6.07) is 5.71. The minimum atomic E-state index is 0.321. The first-order valence-electron chi connectivity index (χ1n) is 5.24. The fourth-order valence-electron chi connectivity index (χ4n) is 1.79. The molecule has 2 rings (SSSR count). The van der Waals surface area contributed by atoms with E-state index in [1.807, 2.05) is 32.0 Å². The molecule has 0 bridgehead atoms. The summed E-state index contributed by atoms with van der Waals surface area (Å²) in [5.41, 5.74) is 9.00. The predicted octanol–water partition coefficient (Wildman–Crippen LogP) is 3.54. The van der Waals surface area contributed by atoms with Crippen LogP contribution in [0.5, 0.6) is 0 Å². The van der Waals surface area contributed by atoms with Gasteiger partial charge in [-0.1, -0.05) is 29.9 Å². The highest BCUT2D eigenvalue weighted by Crippen LogP contribution is 2.27. The molecule has 18 heavy (non-hydrogen) atoms. The van der Waals surface area contributed by atoms with Gasteiger partial charge >= 0.3 is 0 Å². The first-order valence-corrected chi connectivity index (χ1v) is 6.81. The quantitative estimate of drug-likeness (QED) is 0.848.